The van der Waals surface area contributed by atoms with Gasteiger partial charge in [-0.2, -0.15) is 0 Å². The summed E-state index contributed by atoms with van der Waals surface area (Å²) in [5, 5.41) is 28.5. The van der Waals surface area contributed by atoms with Crippen molar-refractivity contribution in [3.8, 4) is 17.2 Å². The normalized spacial score (nSPS) is 20.9. The largest absolute Gasteiger partial charge is 0.508 e. The SMILES string of the molecule is NCC1(c2c(O)cc(O)cc2O)CC(F)(F)C1. The zero-order valence-corrected chi connectivity index (χ0v) is 8.95. The van der Waals surface area contributed by atoms with Crippen molar-refractivity contribution in [1.29, 1.82) is 0 Å². The summed E-state index contributed by atoms with van der Waals surface area (Å²) in [6.45, 7) is -0.103. The van der Waals surface area contributed by atoms with Crippen molar-refractivity contribution in [2.75, 3.05) is 6.54 Å². The molecule has 1 aromatic carbocycles. The molecule has 0 amide bonds. The molecule has 0 spiro atoms. The summed E-state index contributed by atoms with van der Waals surface area (Å²) in [5.74, 6) is -3.98. The zero-order valence-electron chi connectivity index (χ0n) is 8.95. The first-order valence-electron chi connectivity index (χ1n) is 5.13. The Labute approximate surface area is 96.3 Å². The highest BCUT2D eigenvalue weighted by atomic mass is 19.3. The van der Waals surface area contributed by atoms with Crippen LogP contribution in [-0.2, 0) is 5.41 Å². The maximum Gasteiger partial charge on any atom is 0.250 e. The Bertz CT molecular complexity index is 431. The van der Waals surface area contributed by atoms with Crippen LogP contribution in [-0.4, -0.2) is 27.8 Å². The molecule has 2 rings (SSSR count). The Morgan fingerprint density at radius 1 is 1.12 bits per heavy atom. The van der Waals surface area contributed by atoms with Crippen LogP contribution in [0.5, 0.6) is 17.2 Å². The van der Waals surface area contributed by atoms with Gasteiger partial charge in [0.2, 0.25) is 5.92 Å². The molecule has 1 aromatic rings. The summed E-state index contributed by atoms with van der Waals surface area (Å²) in [6.07, 6.45) is -1.02. The molecule has 6 heteroatoms. The van der Waals surface area contributed by atoms with Crippen LogP contribution in [0.25, 0.3) is 0 Å². The van der Waals surface area contributed by atoms with E-state index in [1.807, 2.05) is 0 Å². The number of hydrogen-bond donors (Lipinski definition) is 4. The van der Waals surface area contributed by atoms with Gasteiger partial charge in [-0.25, -0.2) is 8.78 Å². The average Bonchev–Trinajstić information content (AvgIpc) is 2.12. The van der Waals surface area contributed by atoms with E-state index in [-0.39, 0.29) is 17.9 Å². The van der Waals surface area contributed by atoms with Gasteiger partial charge in [0.15, 0.2) is 0 Å². The first-order chi connectivity index (χ1) is 7.80. The van der Waals surface area contributed by atoms with Crippen LogP contribution in [0.1, 0.15) is 18.4 Å². The maximum atomic E-state index is 13.0. The van der Waals surface area contributed by atoms with E-state index in [4.69, 9.17) is 10.8 Å². The van der Waals surface area contributed by atoms with Crippen LogP contribution in [0.15, 0.2) is 12.1 Å². The first kappa shape index (κ1) is 11.9. The van der Waals surface area contributed by atoms with Gasteiger partial charge >= 0.3 is 0 Å². The molecule has 0 bridgehead atoms. The Balaban J connectivity index is 2.47. The van der Waals surface area contributed by atoms with Gasteiger partial charge in [0, 0.05) is 42.5 Å². The number of rotatable bonds is 2. The van der Waals surface area contributed by atoms with Gasteiger partial charge in [-0.15, -0.1) is 0 Å². The second kappa shape index (κ2) is 3.46. The minimum Gasteiger partial charge on any atom is -0.508 e. The number of aromatic hydroxyl groups is 3. The quantitative estimate of drug-likeness (QED) is 0.634. The molecule has 1 aliphatic rings. The van der Waals surface area contributed by atoms with Gasteiger partial charge in [-0.05, 0) is 0 Å². The number of halogens is 2. The van der Waals surface area contributed by atoms with E-state index < -0.39 is 35.7 Å². The van der Waals surface area contributed by atoms with E-state index in [0.717, 1.165) is 12.1 Å². The molecule has 0 heterocycles. The van der Waals surface area contributed by atoms with Crippen LogP contribution in [0.3, 0.4) is 0 Å². The smallest absolute Gasteiger partial charge is 0.250 e. The molecule has 94 valence electrons. The van der Waals surface area contributed by atoms with Crippen molar-refractivity contribution < 1.29 is 24.1 Å². The van der Waals surface area contributed by atoms with Crippen molar-refractivity contribution in [3.63, 3.8) is 0 Å². The van der Waals surface area contributed by atoms with Crippen molar-refractivity contribution >= 4 is 0 Å². The predicted octanol–water partition coefficient (Wildman–Crippen LogP) is 1.43. The maximum absolute atomic E-state index is 13.0. The molecule has 1 aliphatic carbocycles. The molecule has 17 heavy (non-hydrogen) atoms. The van der Waals surface area contributed by atoms with E-state index in [2.05, 4.69) is 0 Å². The fourth-order valence-electron chi connectivity index (χ4n) is 2.50. The monoisotopic (exact) mass is 245 g/mol. The standard InChI is InChI=1S/C11H13F2NO3/c12-11(13)3-10(4-11,5-14)9-7(16)1-6(15)2-8(9)17/h1-2,15-17H,3-5,14H2. The minimum absolute atomic E-state index is 0.0104. The van der Waals surface area contributed by atoms with E-state index in [0.29, 0.717) is 0 Å². The molecule has 4 nitrogen and oxygen atoms in total. The summed E-state index contributed by atoms with van der Waals surface area (Å²) in [7, 11) is 0. The lowest BCUT2D eigenvalue weighted by Crippen LogP contribution is -2.53. The third-order valence-electron chi connectivity index (χ3n) is 3.20. The summed E-state index contributed by atoms with van der Waals surface area (Å²) >= 11 is 0. The van der Waals surface area contributed by atoms with E-state index in [9.17, 15) is 19.0 Å². The highest BCUT2D eigenvalue weighted by Gasteiger charge is 2.58. The Morgan fingerprint density at radius 3 is 1.94 bits per heavy atom. The highest BCUT2D eigenvalue weighted by Crippen LogP contribution is 2.57. The van der Waals surface area contributed by atoms with Crippen LogP contribution < -0.4 is 5.73 Å². The van der Waals surface area contributed by atoms with Gasteiger partial charge in [0.25, 0.3) is 0 Å². The molecule has 0 atom stereocenters. The van der Waals surface area contributed by atoms with Crippen molar-refractivity contribution in [2.24, 2.45) is 5.73 Å². The summed E-state index contributed by atoms with van der Waals surface area (Å²) in [5.41, 5.74) is 4.35. The van der Waals surface area contributed by atoms with Crippen LogP contribution in [0.2, 0.25) is 0 Å². The van der Waals surface area contributed by atoms with Gasteiger partial charge in [0.05, 0.1) is 0 Å². The molecule has 0 aromatic heterocycles. The van der Waals surface area contributed by atoms with E-state index >= 15 is 0 Å². The van der Waals surface area contributed by atoms with E-state index in [1.54, 1.807) is 0 Å². The molecular weight excluding hydrogens is 232 g/mol. The molecule has 1 fully saturated rings. The molecule has 5 N–H and O–H groups in total. The Kier molecular flexibility index (Phi) is 2.43. The van der Waals surface area contributed by atoms with Crippen molar-refractivity contribution in [1.82, 2.24) is 0 Å². The van der Waals surface area contributed by atoms with Crippen LogP contribution in [0, 0.1) is 0 Å². The molecule has 0 saturated heterocycles. The predicted molar refractivity (Wildman–Crippen MR) is 56.3 cm³/mol. The van der Waals surface area contributed by atoms with Crippen LogP contribution in [0.4, 0.5) is 8.78 Å². The van der Waals surface area contributed by atoms with E-state index in [1.165, 1.54) is 0 Å². The molecule has 0 radical (unpaired) electrons. The fourth-order valence-corrected chi connectivity index (χ4v) is 2.50. The zero-order chi connectivity index (χ0) is 12.8. The lowest BCUT2D eigenvalue weighted by atomic mass is 9.61. The number of hydrogen-bond acceptors (Lipinski definition) is 4. The Morgan fingerprint density at radius 2 is 1.59 bits per heavy atom. The van der Waals surface area contributed by atoms with Crippen LogP contribution >= 0.6 is 0 Å². The fraction of sp³-hybridized carbons (Fsp3) is 0.455. The van der Waals surface area contributed by atoms with Crippen molar-refractivity contribution in [2.45, 2.75) is 24.2 Å². The van der Waals surface area contributed by atoms with Crippen molar-refractivity contribution in [3.05, 3.63) is 17.7 Å². The summed E-state index contributed by atoms with van der Waals surface area (Å²) in [6, 6.07) is 2.01. The topological polar surface area (TPSA) is 86.7 Å². The lowest BCUT2D eigenvalue weighted by molar-refractivity contribution is -0.124. The van der Waals surface area contributed by atoms with Gasteiger partial charge in [-0.1, -0.05) is 0 Å². The number of nitrogens with two attached hydrogens (primary N) is 1. The molecular formula is C11H13F2NO3. The lowest BCUT2D eigenvalue weighted by Gasteiger charge is -2.47. The minimum atomic E-state index is -2.82. The van der Waals surface area contributed by atoms with Gasteiger partial charge < -0.3 is 21.1 Å². The summed E-state index contributed by atoms with van der Waals surface area (Å²) < 4.78 is 26.0. The first-order valence-corrected chi connectivity index (χ1v) is 5.13. The summed E-state index contributed by atoms with van der Waals surface area (Å²) in [4.78, 5) is 0. The average molecular weight is 245 g/mol. The molecule has 0 aliphatic heterocycles. The third-order valence-corrected chi connectivity index (χ3v) is 3.20. The number of phenols is 3. The Hall–Kier alpha value is -1.56. The second-order valence-corrected chi connectivity index (χ2v) is 4.55. The van der Waals surface area contributed by atoms with Gasteiger partial charge in [-0.3, -0.25) is 0 Å². The second-order valence-electron chi connectivity index (χ2n) is 4.55. The van der Waals surface area contributed by atoms with Gasteiger partial charge in [0.1, 0.15) is 17.2 Å². The third kappa shape index (κ3) is 1.78. The number of benzene rings is 1. The highest BCUT2D eigenvalue weighted by molar-refractivity contribution is 5.54. The number of alkyl halides is 2. The molecule has 1 saturated carbocycles. The number of phenolic OH excluding ortho intramolecular Hbond substituents is 3. The molecule has 0 unspecified atom stereocenters.